The Kier molecular flexibility index (Phi) is 6.21. The number of aromatic amines is 1. The SMILES string of the molecule is O=C(N[C@@H](C(=O)NN=Cc1ccc(O)cc1)c1n[nH]c(=O)c2ccccc12)c1ccccc1. The zero-order valence-electron chi connectivity index (χ0n) is 17.2. The summed E-state index contributed by atoms with van der Waals surface area (Å²) in [6, 6.07) is 20.1. The average molecular weight is 441 g/mol. The van der Waals surface area contributed by atoms with Crippen molar-refractivity contribution in [3.63, 3.8) is 0 Å². The lowest BCUT2D eigenvalue weighted by molar-refractivity contribution is -0.123. The van der Waals surface area contributed by atoms with Crippen LogP contribution < -0.4 is 16.3 Å². The van der Waals surface area contributed by atoms with Crippen LogP contribution in [0, 0.1) is 0 Å². The maximum Gasteiger partial charge on any atom is 0.272 e. The Hall–Kier alpha value is -4.79. The molecule has 3 aromatic carbocycles. The van der Waals surface area contributed by atoms with Gasteiger partial charge in [0.1, 0.15) is 11.4 Å². The first-order valence-corrected chi connectivity index (χ1v) is 9.98. The quantitative estimate of drug-likeness (QED) is 0.269. The van der Waals surface area contributed by atoms with E-state index >= 15 is 0 Å². The standard InChI is InChI=1S/C24H19N5O4/c30-17-12-10-15(11-13-17)14-25-28-24(33)21(26-22(31)16-6-2-1-3-7-16)20-18-8-4-5-9-19(18)23(32)29-27-20/h1-14,21,30H,(H,26,31)(H,28,33)(H,29,32)/t21-/m1/s1. The smallest absolute Gasteiger partial charge is 0.272 e. The van der Waals surface area contributed by atoms with Crippen molar-refractivity contribution in [2.24, 2.45) is 5.10 Å². The maximum atomic E-state index is 13.1. The summed E-state index contributed by atoms with van der Waals surface area (Å²) in [6.45, 7) is 0. The fourth-order valence-electron chi connectivity index (χ4n) is 3.21. The van der Waals surface area contributed by atoms with Crippen LogP contribution in [0.5, 0.6) is 5.75 Å². The molecular formula is C24H19N5O4. The topological polar surface area (TPSA) is 137 Å². The van der Waals surface area contributed by atoms with Crippen LogP contribution in [0.25, 0.3) is 10.8 Å². The molecule has 0 aliphatic heterocycles. The number of phenols is 1. The first-order valence-electron chi connectivity index (χ1n) is 9.98. The van der Waals surface area contributed by atoms with Gasteiger partial charge < -0.3 is 10.4 Å². The lowest BCUT2D eigenvalue weighted by Crippen LogP contribution is -2.40. The largest absolute Gasteiger partial charge is 0.508 e. The van der Waals surface area contributed by atoms with Crippen molar-refractivity contribution in [1.82, 2.24) is 20.9 Å². The molecule has 0 radical (unpaired) electrons. The minimum atomic E-state index is -1.24. The van der Waals surface area contributed by atoms with Crippen LogP contribution in [-0.4, -0.2) is 33.3 Å². The lowest BCUT2D eigenvalue weighted by atomic mass is 10.0. The molecule has 9 heteroatoms. The van der Waals surface area contributed by atoms with Gasteiger partial charge >= 0.3 is 0 Å². The van der Waals surface area contributed by atoms with Crippen molar-refractivity contribution >= 4 is 28.8 Å². The van der Waals surface area contributed by atoms with Crippen LogP contribution in [0.2, 0.25) is 0 Å². The molecule has 0 saturated carbocycles. The number of carbonyl (C=O) groups is 2. The summed E-state index contributed by atoms with van der Waals surface area (Å²) in [7, 11) is 0. The minimum Gasteiger partial charge on any atom is -0.508 e. The van der Waals surface area contributed by atoms with E-state index in [1.54, 1.807) is 66.7 Å². The number of phenolic OH excluding ortho intramolecular Hbond substituents is 1. The lowest BCUT2D eigenvalue weighted by Gasteiger charge is -2.18. The van der Waals surface area contributed by atoms with E-state index < -0.39 is 23.4 Å². The van der Waals surface area contributed by atoms with Gasteiger partial charge in [0.15, 0.2) is 6.04 Å². The number of nitrogens with zero attached hydrogens (tertiary/aromatic N) is 2. The third-order valence-corrected chi connectivity index (χ3v) is 4.85. The van der Waals surface area contributed by atoms with Crippen molar-refractivity contribution in [2.75, 3.05) is 0 Å². The van der Waals surface area contributed by atoms with E-state index in [0.29, 0.717) is 21.9 Å². The summed E-state index contributed by atoms with van der Waals surface area (Å²) in [5.41, 5.74) is 3.17. The normalized spacial score (nSPS) is 11.9. The average Bonchev–Trinajstić information content (AvgIpc) is 2.85. The highest BCUT2D eigenvalue weighted by Crippen LogP contribution is 2.20. The van der Waals surface area contributed by atoms with Gasteiger partial charge in [-0.1, -0.05) is 36.4 Å². The summed E-state index contributed by atoms with van der Waals surface area (Å²) in [4.78, 5) is 38.1. The van der Waals surface area contributed by atoms with Gasteiger partial charge in [-0.15, -0.1) is 0 Å². The summed E-state index contributed by atoms with van der Waals surface area (Å²) in [5.74, 6) is -1.04. The molecule has 0 spiro atoms. The number of fused-ring (bicyclic) bond motifs is 1. The van der Waals surface area contributed by atoms with E-state index in [4.69, 9.17) is 0 Å². The molecule has 33 heavy (non-hydrogen) atoms. The monoisotopic (exact) mass is 441 g/mol. The molecule has 0 aliphatic rings. The fraction of sp³-hybridized carbons (Fsp3) is 0.0417. The van der Waals surface area contributed by atoms with Gasteiger partial charge in [-0.25, -0.2) is 10.5 Å². The third kappa shape index (κ3) is 4.93. The van der Waals surface area contributed by atoms with Gasteiger partial charge in [0.2, 0.25) is 0 Å². The van der Waals surface area contributed by atoms with Crippen LogP contribution in [0.15, 0.2) is 88.8 Å². The van der Waals surface area contributed by atoms with Gasteiger partial charge in [-0.05, 0) is 48.0 Å². The Morgan fingerprint density at radius 1 is 0.939 bits per heavy atom. The molecule has 164 valence electrons. The van der Waals surface area contributed by atoms with Crippen molar-refractivity contribution in [3.05, 3.63) is 106 Å². The highest BCUT2D eigenvalue weighted by atomic mass is 16.3. The highest BCUT2D eigenvalue weighted by Gasteiger charge is 2.27. The van der Waals surface area contributed by atoms with Crippen LogP contribution >= 0.6 is 0 Å². The van der Waals surface area contributed by atoms with Crippen molar-refractivity contribution in [3.8, 4) is 5.75 Å². The van der Waals surface area contributed by atoms with E-state index in [0.717, 1.165) is 0 Å². The van der Waals surface area contributed by atoms with Gasteiger partial charge in [0.05, 0.1) is 11.6 Å². The molecule has 4 aromatic rings. The van der Waals surface area contributed by atoms with Crippen LogP contribution in [0.3, 0.4) is 0 Å². The first kappa shape index (κ1) is 21.4. The second-order valence-electron chi connectivity index (χ2n) is 7.08. The van der Waals surface area contributed by atoms with Gasteiger partial charge in [0, 0.05) is 10.9 Å². The number of benzene rings is 3. The highest BCUT2D eigenvalue weighted by molar-refractivity contribution is 5.99. The Balaban J connectivity index is 1.66. The second-order valence-corrected chi connectivity index (χ2v) is 7.08. The number of hydrazone groups is 1. The molecule has 0 saturated heterocycles. The van der Waals surface area contributed by atoms with Gasteiger partial charge in [-0.3, -0.25) is 14.4 Å². The molecule has 1 atom stereocenters. The molecule has 4 N–H and O–H groups in total. The number of hydrogen-bond donors (Lipinski definition) is 4. The van der Waals surface area contributed by atoms with Crippen LogP contribution in [0.1, 0.15) is 27.7 Å². The maximum absolute atomic E-state index is 13.1. The second kappa shape index (κ2) is 9.56. The molecule has 1 heterocycles. The number of carbonyl (C=O) groups excluding carboxylic acids is 2. The Morgan fingerprint density at radius 3 is 2.33 bits per heavy atom. The summed E-state index contributed by atoms with van der Waals surface area (Å²) in [5, 5.41) is 23.2. The number of nitrogens with one attached hydrogen (secondary N) is 3. The Labute approximate surface area is 187 Å². The molecular weight excluding hydrogens is 422 g/mol. The molecule has 1 aromatic heterocycles. The molecule has 0 unspecified atom stereocenters. The number of aromatic hydroxyl groups is 1. The van der Waals surface area contributed by atoms with E-state index in [-0.39, 0.29) is 11.4 Å². The predicted octanol–water partition coefficient (Wildman–Crippen LogP) is 2.25. The number of amides is 2. The molecule has 2 amide bonds. The predicted molar refractivity (Wildman–Crippen MR) is 123 cm³/mol. The van der Waals surface area contributed by atoms with Crippen LogP contribution in [0.4, 0.5) is 0 Å². The third-order valence-electron chi connectivity index (χ3n) is 4.85. The number of hydrogen-bond acceptors (Lipinski definition) is 6. The van der Waals surface area contributed by atoms with E-state index in [9.17, 15) is 19.5 Å². The minimum absolute atomic E-state index is 0.107. The van der Waals surface area contributed by atoms with Crippen molar-refractivity contribution in [2.45, 2.75) is 6.04 Å². The summed E-state index contributed by atoms with van der Waals surface area (Å²) >= 11 is 0. The zero-order valence-corrected chi connectivity index (χ0v) is 17.2. The number of rotatable bonds is 6. The summed E-state index contributed by atoms with van der Waals surface area (Å²) < 4.78 is 0. The van der Waals surface area contributed by atoms with Gasteiger partial charge in [0.25, 0.3) is 17.4 Å². The van der Waals surface area contributed by atoms with Crippen molar-refractivity contribution < 1.29 is 14.7 Å². The molecule has 0 bridgehead atoms. The first-order chi connectivity index (χ1) is 16.0. The summed E-state index contributed by atoms with van der Waals surface area (Å²) in [6.07, 6.45) is 1.39. The van der Waals surface area contributed by atoms with E-state index in [1.807, 2.05) is 0 Å². The van der Waals surface area contributed by atoms with E-state index in [1.165, 1.54) is 18.3 Å². The molecule has 9 nitrogen and oxygen atoms in total. The zero-order chi connectivity index (χ0) is 23.2. The van der Waals surface area contributed by atoms with Crippen LogP contribution in [-0.2, 0) is 4.79 Å². The van der Waals surface area contributed by atoms with Crippen molar-refractivity contribution in [1.29, 1.82) is 0 Å². The molecule has 4 rings (SSSR count). The van der Waals surface area contributed by atoms with Gasteiger partial charge in [-0.2, -0.15) is 10.2 Å². The fourth-order valence-corrected chi connectivity index (χ4v) is 3.21. The molecule has 0 fully saturated rings. The molecule has 0 aliphatic carbocycles. The van der Waals surface area contributed by atoms with E-state index in [2.05, 4.69) is 26.0 Å². The Bertz CT molecular complexity index is 1380. The number of aromatic nitrogens is 2. The number of H-pyrrole nitrogens is 1. The Morgan fingerprint density at radius 2 is 1.61 bits per heavy atom.